The molecule has 1 aromatic rings. The molecule has 3 heterocycles. The zero-order valence-corrected chi connectivity index (χ0v) is 21.4. The van der Waals surface area contributed by atoms with Gasteiger partial charge in [-0.15, -0.1) is 0 Å². The van der Waals surface area contributed by atoms with Crippen molar-refractivity contribution in [3.05, 3.63) is 28.8 Å². The highest BCUT2D eigenvalue weighted by atomic mass is 35.5. The molecule has 3 aliphatic heterocycles. The van der Waals surface area contributed by atoms with E-state index in [2.05, 4.69) is 5.32 Å². The minimum Gasteiger partial charge on any atom is -0.466 e. The number of benzene rings is 1. The Morgan fingerprint density at radius 2 is 2.00 bits per heavy atom. The Hall–Kier alpha value is -2.16. The molecule has 0 aliphatic carbocycles. The molecular weight excluding hydrogens is 472 g/mol. The maximum atomic E-state index is 13.8. The molecule has 0 radical (unpaired) electrons. The number of fused-ring (bicyclic) bond motifs is 1. The number of hydrogen-bond acceptors (Lipinski definition) is 6. The van der Waals surface area contributed by atoms with E-state index in [-0.39, 0.29) is 25.0 Å². The third-order valence-electron chi connectivity index (χ3n) is 7.84. The maximum Gasteiger partial charge on any atom is 0.312 e. The van der Waals surface area contributed by atoms with Gasteiger partial charge in [0, 0.05) is 13.2 Å². The van der Waals surface area contributed by atoms with E-state index in [1.807, 2.05) is 26.0 Å². The molecule has 8 nitrogen and oxygen atoms in total. The van der Waals surface area contributed by atoms with Crippen LogP contribution in [0, 0.1) is 18.8 Å². The lowest BCUT2D eigenvalue weighted by atomic mass is 9.66. The Bertz CT molecular complexity index is 982. The standard InChI is InChI=1S/C26H35ClN2O6/c1-4-34-24(33)19-18-23(32)29(14-7-5-6-8-15-30)21(26(18)13-12-25(19,3)35-26)22(31)28-20-16(2)10-9-11-17(20)27/h9-11,18-19,21,30H,4-8,12-15H2,1-3H3,(H,28,31)/t18-,19+,21?,25-,26?/m0/s1. The Kier molecular flexibility index (Phi) is 7.46. The van der Waals surface area contributed by atoms with Crippen LogP contribution in [-0.4, -0.2) is 64.8 Å². The lowest BCUT2D eigenvalue weighted by molar-refractivity contribution is -0.158. The number of hydrogen-bond donors (Lipinski definition) is 2. The van der Waals surface area contributed by atoms with E-state index >= 15 is 0 Å². The number of para-hydroxylation sites is 1. The zero-order valence-electron chi connectivity index (χ0n) is 20.6. The first-order valence-corrected chi connectivity index (χ1v) is 12.9. The van der Waals surface area contributed by atoms with Crippen LogP contribution in [0.1, 0.15) is 57.9 Å². The van der Waals surface area contributed by atoms with Crippen molar-refractivity contribution in [1.29, 1.82) is 0 Å². The van der Waals surface area contributed by atoms with Crippen molar-refractivity contribution in [3.63, 3.8) is 0 Å². The van der Waals surface area contributed by atoms with Crippen LogP contribution in [0.25, 0.3) is 0 Å². The van der Waals surface area contributed by atoms with Gasteiger partial charge in [-0.1, -0.05) is 36.6 Å². The maximum absolute atomic E-state index is 13.8. The molecule has 3 saturated heterocycles. The van der Waals surface area contributed by atoms with Crippen molar-refractivity contribution in [2.75, 3.05) is 25.1 Å². The van der Waals surface area contributed by atoms with Crippen LogP contribution in [-0.2, 0) is 23.9 Å². The van der Waals surface area contributed by atoms with Crippen molar-refractivity contribution in [1.82, 2.24) is 4.90 Å². The topological polar surface area (TPSA) is 105 Å². The number of nitrogens with one attached hydrogen (secondary N) is 1. The number of aryl methyl sites for hydroxylation is 1. The van der Waals surface area contributed by atoms with Gasteiger partial charge in [-0.3, -0.25) is 14.4 Å². The van der Waals surface area contributed by atoms with E-state index < -0.39 is 35.0 Å². The second-order valence-electron chi connectivity index (χ2n) is 10.1. The number of aliphatic hydroxyl groups excluding tert-OH is 1. The molecule has 1 spiro atoms. The Balaban J connectivity index is 1.67. The van der Waals surface area contributed by atoms with Crippen LogP contribution in [0.5, 0.6) is 0 Å². The van der Waals surface area contributed by atoms with E-state index in [4.69, 9.17) is 26.2 Å². The summed E-state index contributed by atoms with van der Waals surface area (Å²) in [5, 5.41) is 12.4. The molecule has 3 fully saturated rings. The van der Waals surface area contributed by atoms with E-state index in [1.165, 1.54) is 0 Å². The average Bonchev–Trinajstić information content (AvgIpc) is 3.37. The molecular formula is C26H35ClN2O6. The molecule has 3 aliphatic rings. The highest BCUT2D eigenvalue weighted by Gasteiger charge is 2.78. The summed E-state index contributed by atoms with van der Waals surface area (Å²) in [6.45, 7) is 6.16. The Labute approximate surface area is 211 Å². The minimum absolute atomic E-state index is 0.129. The van der Waals surface area contributed by atoms with Crippen molar-refractivity contribution in [3.8, 4) is 0 Å². The number of carbonyl (C=O) groups excluding carboxylic acids is 3. The van der Waals surface area contributed by atoms with Gasteiger partial charge in [0.25, 0.3) is 0 Å². The van der Waals surface area contributed by atoms with Crippen molar-refractivity contribution < 1.29 is 29.0 Å². The lowest BCUT2D eigenvalue weighted by Crippen LogP contribution is -2.53. The summed E-state index contributed by atoms with van der Waals surface area (Å²) in [5.41, 5.74) is -0.616. The molecule has 5 atom stereocenters. The molecule has 2 unspecified atom stereocenters. The summed E-state index contributed by atoms with van der Waals surface area (Å²) in [6, 6.07) is 4.50. The summed E-state index contributed by atoms with van der Waals surface area (Å²) in [7, 11) is 0. The molecule has 192 valence electrons. The number of likely N-dealkylation sites (tertiary alicyclic amines) is 1. The number of aliphatic hydroxyl groups is 1. The van der Waals surface area contributed by atoms with Gasteiger partial charge in [0.05, 0.1) is 28.8 Å². The Morgan fingerprint density at radius 1 is 1.26 bits per heavy atom. The van der Waals surface area contributed by atoms with Gasteiger partial charge >= 0.3 is 5.97 Å². The number of nitrogens with zero attached hydrogens (tertiary/aromatic N) is 1. The van der Waals surface area contributed by atoms with Crippen LogP contribution >= 0.6 is 11.6 Å². The highest BCUT2D eigenvalue weighted by molar-refractivity contribution is 6.34. The predicted molar refractivity (Wildman–Crippen MR) is 131 cm³/mol. The smallest absolute Gasteiger partial charge is 0.312 e. The van der Waals surface area contributed by atoms with Gasteiger partial charge in [0.15, 0.2) is 0 Å². The molecule has 2 bridgehead atoms. The number of amides is 2. The number of anilines is 1. The third kappa shape index (κ3) is 4.34. The second kappa shape index (κ2) is 10.1. The van der Waals surface area contributed by atoms with Crippen molar-refractivity contribution in [2.45, 2.75) is 76.5 Å². The number of ether oxygens (including phenoxy) is 2. The second-order valence-corrected chi connectivity index (χ2v) is 10.5. The fraction of sp³-hybridized carbons (Fsp3) is 0.654. The number of halogens is 1. The monoisotopic (exact) mass is 506 g/mol. The van der Waals surface area contributed by atoms with Crippen molar-refractivity contribution in [2.24, 2.45) is 11.8 Å². The SMILES string of the molecule is CCOC(=O)[C@H]1[C@H]2C(=O)N(CCCCCCO)C(C(=O)Nc3c(C)cccc3Cl)C23CC[C@]1(C)O3. The first-order valence-electron chi connectivity index (χ1n) is 12.5. The molecule has 0 saturated carbocycles. The number of carbonyl (C=O) groups is 3. The van der Waals surface area contributed by atoms with Gasteiger partial charge in [0.1, 0.15) is 17.6 Å². The molecule has 4 rings (SSSR count). The highest BCUT2D eigenvalue weighted by Crippen LogP contribution is 2.63. The lowest BCUT2D eigenvalue weighted by Gasteiger charge is -2.33. The fourth-order valence-corrected chi connectivity index (χ4v) is 6.55. The van der Waals surface area contributed by atoms with Crippen LogP contribution in [0.2, 0.25) is 5.02 Å². The van der Waals surface area contributed by atoms with Crippen LogP contribution in [0.4, 0.5) is 5.69 Å². The summed E-state index contributed by atoms with van der Waals surface area (Å²) < 4.78 is 11.9. The van der Waals surface area contributed by atoms with E-state index in [9.17, 15) is 14.4 Å². The number of rotatable bonds is 10. The number of unbranched alkanes of at least 4 members (excludes halogenated alkanes) is 3. The van der Waals surface area contributed by atoms with Gasteiger partial charge < -0.3 is 24.8 Å². The summed E-state index contributed by atoms with van der Waals surface area (Å²) in [4.78, 5) is 42.3. The zero-order chi connectivity index (χ0) is 25.4. The quantitative estimate of drug-likeness (QED) is 0.372. The molecule has 35 heavy (non-hydrogen) atoms. The van der Waals surface area contributed by atoms with Gasteiger partial charge in [-0.2, -0.15) is 0 Å². The molecule has 0 aromatic heterocycles. The first kappa shape index (κ1) is 25.9. The van der Waals surface area contributed by atoms with Gasteiger partial charge in [-0.05, 0) is 58.1 Å². The predicted octanol–water partition coefficient (Wildman–Crippen LogP) is 3.47. The largest absolute Gasteiger partial charge is 0.466 e. The van der Waals surface area contributed by atoms with E-state index in [1.54, 1.807) is 17.9 Å². The van der Waals surface area contributed by atoms with Crippen LogP contribution in [0.15, 0.2) is 18.2 Å². The molecule has 2 N–H and O–H groups in total. The average molecular weight is 507 g/mol. The van der Waals surface area contributed by atoms with Crippen LogP contribution < -0.4 is 5.32 Å². The Morgan fingerprint density at radius 3 is 2.69 bits per heavy atom. The summed E-state index contributed by atoms with van der Waals surface area (Å²) >= 11 is 6.38. The summed E-state index contributed by atoms with van der Waals surface area (Å²) in [5.74, 6) is -2.55. The minimum atomic E-state index is -1.09. The third-order valence-corrected chi connectivity index (χ3v) is 8.16. The first-order chi connectivity index (χ1) is 16.7. The number of esters is 1. The van der Waals surface area contributed by atoms with Gasteiger partial charge in [0.2, 0.25) is 11.8 Å². The fourth-order valence-electron chi connectivity index (χ4n) is 6.29. The summed E-state index contributed by atoms with van der Waals surface area (Å²) in [6.07, 6.45) is 4.12. The van der Waals surface area contributed by atoms with Gasteiger partial charge in [-0.25, -0.2) is 0 Å². The van der Waals surface area contributed by atoms with Crippen molar-refractivity contribution >= 4 is 35.1 Å². The van der Waals surface area contributed by atoms with Crippen LogP contribution in [0.3, 0.4) is 0 Å². The van der Waals surface area contributed by atoms with E-state index in [0.717, 1.165) is 18.4 Å². The van der Waals surface area contributed by atoms with E-state index in [0.29, 0.717) is 42.9 Å². The molecule has 9 heteroatoms. The molecule has 2 amide bonds. The normalized spacial score (nSPS) is 31.1. The molecule has 1 aromatic carbocycles.